The highest BCUT2D eigenvalue weighted by Gasteiger charge is 2.26. The van der Waals surface area contributed by atoms with E-state index >= 15 is 0 Å². The van der Waals surface area contributed by atoms with Gasteiger partial charge in [-0.2, -0.15) is 0 Å². The number of benzene rings is 1. The maximum Gasteiger partial charge on any atom is 0.241 e. The van der Waals surface area contributed by atoms with Crippen molar-refractivity contribution in [2.45, 2.75) is 31.2 Å². The summed E-state index contributed by atoms with van der Waals surface area (Å²) in [6, 6.07) is 3.20. The van der Waals surface area contributed by atoms with Crippen LogP contribution in [-0.4, -0.2) is 66.4 Å². The summed E-state index contributed by atoms with van der Waals surface area (Å²) in [7, 11) is -0.720. The van der Waals surface area contributed by atoms with Crippen LogP contribution >= 0.6 is 15.9 Å². The van der Waals surface area contributed by atoms with Crippen LogP contribution in [0, 0.1) is 5.92 Å². The van der Waals surface area contributed by atoms with Crippen LogP contribution in [0.1, 0.15) is 20.3 Å². The van der Waals surface area contributed by atoms with E-state index in [9.17, 15) is 8.42 Å². The molecule has 1 aliphatic rings. The molecule has 1 aromatic rings. The van der Waals surface area contributed by atoms with Gasteiger partial charge >= 0.3 is 0 Å². The molecule has 0 spiro atoms. The third kappa shape index (κ3) is 6.05. The average Bonchev–Trinajstić information content (AvgIpc) is 2.65. The van der Waals surface area contributed by atoms with E-state index in [4.69, 9.17) is 14.2 Å². The molecule has 154 valence electrons. The number of morpholine rings is 1. The summed E-state index contributed by atoms with van der Waals surface area (Å²) < 4.78 is 44.9. The first-order chi connectivity index (χ1) is 12.8. The number of halogens is 1. The van der Waals surface area contributed by atoms with Crippen LogP contribution < -0.4 is 14.2 Å². The molecule has 0 saturated carbocycles. The molecule has 1 fully saturated rings. The predicted octanol–water partition coefficient (Wildman–Crippen LogP) is 2.49. The van der Waals surface area contributed by atoms with Crippen LogP contribution in [0.5, 0.6) is 11.5 Å². The molecule has 0 amide bonds. The lowest BCUT2D eigenvalue weighted by Gasteiger charge is -2.35. The van der Waals surface area contributed by atoms with Crippen molar-refractivity contribution >= 4 is 26.0 Å². The molecule has 1 aliphatic heterocycles. The van der Waals surface area contributed by atoms with Crippen LogP contribution in [0.4, 0.5) is 0 Å². The summed E-state index contributed by atoms with van der Waals surface area (Å²) in [5.41, 5.74) is 0. The molecule has 0 aliphatic carbocycles. The van der Waals surface area contributed by atoms with Gasteiger partial charge in [0.15, 0.2) is 11.5 Å². The second-order valence-corrected chi connectivity index (χ2v) is 9.51. The molecule has 9 heteroatoms. The van der Waals surface area contributed by atoms with Crippen molar-refractivity contribution in [2.24, 2.45) is 5.92 Å². The average molecular weight is 465 g/mol. The van der Waals surface area contributed by atoms with Crippen LogP contribution in [0.2, 0.25) is 0 Å². The maximum absolute atomic E-state index is 12.9. The zero-order valence-corrected chi connectivity index (χ0v) is 18.7. The predicted molar refractivity (Wildman–Crippen MR) is 108 cm³/mol. The Kier molecular flexibility index (Phi) is 8.36. The molecule has 0 radical (unpaired) electrons. The molecule has 2 rings (SSSR count). The number of rotatable bonds is 9. The molecule has 0 bridgehead atoms. The molecule has 1 aromatic carbocycles. The Labute approximate surface area is 170 Å². The SMILES string of the molecule is COc1cc(Br)c(S(=O)(=O)NCC(CC(C)C)N2CCOCC2)cc1OC. The quantitative estimate of drug-likeness (QED) is 0.604. The summed E-state index contributed by atoms with van der Waals surface area (Å²) in [6.45, 7) is 7.64. The molecule has 27 heavy (non-hydrogen) atoms. The molecule has 1 atom stereocenters. The van der Waals surface area contributed by atoms with Gasteiger partial charge in [0.2, 0.25) is 10.0 Å². The normalized spacial score (nSPS) is 17.1. The lowest BCUT2D eigenvalue weighted by molar-refractivity contribution is 0.0134. The Morgan fingerprint density at radius 1 is 1.19 bits per heavy atom. The minimum Gasteiger partial charge on any atom is -0.493 e. The number of methoxy groups -OCH3 is 2. The van der Waals surface area contributed by atoms with Gasteiger partial charge in [-0.3, -0.25) is 4.90 Å². The first-order valence-corrected chi connectivity index (χ1v) is 11.3. The van der Waals surface area contributed by atoms with E-state index in [2.05, 4.69) is 39.4 Å². The fourth-order valence-electron chi connectivity index (χ4n) is 3.17. The third-order valence-corrected chi connectivity index (χ3v) is 6.92. The number of nitrogens with one attached hydrogen (secondary N) is 1. The van der Waals surface area contributed by atoms with Gasteiger partial charge < -0.3 is 14.2 Å². The van der Waals surface area contributed by atoms with E-state index in [-0.39, 0.29) is 10.9 Å². The topological polar surface area (TPSA) is 77.1 Å². The van der Waals surface area contributed by atoms with Crippen LogP contribution in [0.15, 0.2) is 21.5 Å². The lowest BCUT2D eigenvalue weighted by Crippen LogP contribution is -2.49. The summed E-state index contributed by atoms with van der Waals surface area (Å²) >= 11 is 3.33. The van der Waals surface area contributed by atoms with E-state index in [0.29, 0.717) is 41.6 Å². The first kappa shape index (κ1) is 22.4. The first-order valence-electron chi connectivity index (χ1n) is 9.01. The van der Waals surface area contributed by atoms with Crippen molar-refractivity contribution in [2.75, 3.05) is 47.1 Å². The van der Waals surface area contributed by atoms with Gasteiger partial charge in [-0.15, -0.1) is 0 Å². The standard InChI is InChI=1S/C18H29BrN2O5S/c1-13(2)9-14(21-5-7-26-8-6-21)12-20-27(22,23)18-11-17(25-4)16(24-3)10-15(18)19/h10-11,13-14,20H,5-9,12H2,1-4H3. The van der Waals surface area contributed by atoms with Crippen molar-refractivity contribution < 1.29 is 22.6 Å². The smallest absolute Gasteiger partial charge is 0.241 e. The van der Waals surface area contributed by atoms with Crippen molar-refractivity contribution in [3.8, 4) is 11.5 Å². The Hall–Kier alpha value is -0.870. The fraction of sp³-hybridized carbons (Fsp3) is 0.667. The fourth-order valence-corrected chi connectivity index (χ4v) is 5.28. The highest BCUT2D eigenvalue weighted by Crippen LogP contribution is 2.35. The number of sulfonamides is 1. The second-order valence-electron chi connectivity index (χ2n) is 6.92. The van der Waals surface area contributed by atoms with E-state index < -0.39 is 10.0 Å². The van der Waals surface area contributed by atoms with E-state index in [1.165, 1.54) is 20.3 Å². The highest BCUT2D eigenvalue weighted by atomic mass is 79.9. The van der Waals surface area contributed by atoms with Gasteiger partial charge in [-0.25, -0.2) is 13.1 Å². The van der Waals surface area contributed by atoms with Gasteiger partial charge in [0.05, 0.1) is 27.4 Å². The van der Waals surface area contributed by atoms with Crippen molar-refractivity contribution in [3.63, 3.8) is 0 Å². The van der Waals surface area contributed by atoms with Gasteiger partial charge in [-0.05, 0) is 34.3 Å². The van der Waals surface area contributed by atoms with E-state index in [0.717, 1.165) is 19.5 Å². The molecule has 1 heterocycles. The molecule has 1 unspecified atom stereocenters. The van der Waals surface area contributed by atoms with Crippen LogP contribution in [-0.2, 0) is 14.8 Å². The maximum atomic E-state index is 12.9. The number of ether oxygens (including phenoxy) is 3. The van der Waals surface area contributed by atoms with Crippen molar-refractivity contribution in [3.05, 3.63) is 16.6 Å². The van der Waals surface area contributed by atoms with Gasteiger partial charge in [0.1, 0.15) is 4.90 Å². The molecule has 0 aromatic heterocycles. The van der Waals surface area contributed by atoms with Crippen LogP contribution in [0.3, 0.4) is 0 Å². The molecular weight excluding hydrogens is 436 g/mol. The molecule has 1 N–H and O–H groups in total. The monoisotopic (exact) mass is 464 g/mol. The summed E-state index contributed by atoms with van der Waals surface area (Å²) in [6.07, 6.45) is 0.912. The Morgan fingerprint density at radius 2 is 1.78 bits per heavy atom. The van der Waals surface area contributed by atoms with Gasteiger partial charge in [-0.1, -0.05) is 13.8 Å². The van der Waals surface area contributed by atoms with Crippen LogP contribution in [0.25, 0.3) is 0 Å². The third-order valence-electron chi connectivity index (χ3n) is 4.54. The highest BCUT2D eigenvalue weighted by molar-refractivity contribution is 9.10. The number of nitrogens with zero attached hydrogens (tertiary/aromatic N) is 1. The van der Waals surface area contributed by atoms with Crippen molar-refractivity contribution in [1.29, 1.82) is 0 Å². The molecule has 7 nitrogen and oxygen atoms in total. The summed E-state index contributed by atoms with van der Waals surface area (Å²) in [5, 5.41) is 0. The number of hydrogen-bond acceptors (Lipinski definition) is 6. The molecular formula is C18H29BrN2O5S. The van der Waals surface area contributed by atoms with Crippen molar-refractivity contribution in [1.82, 2.24) is 9.62 Å². The van der Waals surface area contributed by atoms with Gasteiger partial charge in [0, 0.05) is 36.2 Å². The minimum atomic E-state index is -3.71. The molecule has 1 saturated heterocycles. The van der Waals surface area contributed by atoms with E-state index in [1.54, 1.807) is 6.07 Å². The van der Waals surface area contributed by atoms with Gasteiger partial charge in [0.25, 0.3) is 0 Å². The Morgan fingerprint density at radius 3 is 2.33 bits per heavy atom. The second kappa shape index (κ2) is 10.1. The zero-order chi connectivity index (χ0) is 20.0. The van der Waals surface area contributed by atoms with E-state index in [1.807, 2.05) is 0 Å². The zero-order valence-electron chi connectivity index (χ0n) is 16.3. The summed E-state index contributed by atoms with van der Waals surface area (Å²) in [4.78, 5) is 2.43. The Bertz CT molecular complexity index is 721. The number of hydrogen-bond donors (Lipinski definition) is 1. The lowest BCUT2D eigenvalue weighted by atomic mass is 10.0. The Balaban J connectivity index is 2.18. The summed E-state index contributed by atoms with van der Waals surface area (Å²) in [5.74, 6) is 1.30. The largest absolute Gasteiger partial charge is 0.493 e. The minimum absolute atomic E-state index is 0.127.